The summed E-state index contributed by atoms with van der Waals surface area (Å²) in [5.74, 6) is 0.365. The Bertz CT molecular complexity index is 700. The third-order valence-corrected chi connectivity index (χ3v) is 5.21. The van der Waals surface area contributed by atoms with Crippen LogP contribution in [0.25, 0.3) is 0 Å². The fraction of sp³-hybridized carbons (Fsp3) is 0.364. The second-order valence-electron chi connectivity index (χ2n) is 7.01. The quantitative estimate of drug-likeness (QED) is 0.834. The molecule has 0 spiro atoms. The number of aromatic hydroxyl groups is 1. The minimum Gasteiger partial charge on any atom is -0.508 e. The molecule has 1 heterocycles. The molecule has 0 unspecified atom stereocenters. The number of rotatable bonds is 5. The molecule has 3 nitrogen and oxygen atoms in total. The van der Waals surface area contributed by atoms with Crippen molar-refractivity contribution in [2.24, 2.45) is 0 Å². The van der Waals surface area contributed by atoms with Crippen LogP contribution in [0, 0.1) is 0 Å². The number of hydrogen-bond donors (Lipinski definition) is 1. The second-order valence-corrected chi connectivity index (χ2v) is 7.01. The molecule has 0 aromatic heterocycles. The highest BCUT2D eigenvalue weighted by Gasteiger charge is 2.35. The second kappa shape index (κ2) is 7.85. The zero-order valence-corrected chi connectivity index (χ0v) is 15.2. The number of phenolic OH excluding ortho intramolecular Hbond substituents is 1. The highest BCUT2D eigenvalue weighted by atomic mass is 16.3. The lowest BCUT2D eigenvalue weighted by Gasteiger charge is -2.47. The van der Waals surface area contributed by atoms with Gasteiger partial charge < -0.3 is 5.11 Å². The molecule has 0 aliphatic carbocycles. The monoisotopic (exact) mass is 336 g/mol. The van der Waals surface area contributed by atoms with Gasteiger partial charge in [-0.25, -0.2) is 0 Å². The summed E-state index contributed by atoms with van der Waals surface area (Å²) in [6.07, 6.45) is 1.98. The summed E-state index contributed by atoms with van der Waals surface area (Å²) in [5, 5.41) is 10.5. The summed E-state index contributed by atoms with van der Waals surface area (Å²) < 4.78 is 0. The first kappa shape index (κ1) is 17.7. The van der Waals surface area contributed by atoms with E-state index >= 15 is 0 Å². The summed E-state index contributed by atoms with van der Waals surface area (Å²) >= 11 is 0. The molecule has 1 aliphatic rings. The predicted octanol–water partition coefficient (Wildman–Crippen LogP) is 4.06. The molecule has 1 aliphatic heterocycles. The fourth-order valence-electron chi connectivity index (χ4n) is 3.91. The first-order valence-electron chi connectivity index (χ1n) is 9.05. The van der Waals surface area contributed by atoms with Gasteiger partial charge in [-0.3, -0.25) is 9.80 Å². The Morgan fingerprint density at radius 1 is 1.04 bits per heavy atom. The topological polar surface area (TPSA) is 26.7 Å². The van der Waals surface area contributed by atoms with E-state index in [1.54, 1.807) is 6.07 Å². The number of para-hydroxylation sites is 1. The molecule has 0 saturated carbocycles. The van der Waals surface area contributed by atoms with Crippen LogP contribution in [0.2, 0.25) is 0 Å². The average molecular weight is 336 g/mol. The number of hydrogen-bond acceptors (Lipinski definition) is 3. The van der Waals surface area contributed by atoms with Crippen LogP contribution in [0.5, 0.6) is 5.75 Å². The summed E-state index contributed by atoms with van der Waals surface area (Å²) in [6.45, 7) is 11.3. The van der Waals surface area contributed by atoms with Gasteiger partial charge in [0.1, 0.15) is 5.75 Å². The van der Waals surface area contributed by atoms with E-state index in [4.69, 9.17) is 0 Å². The third-order valence-electron chi connectivity index (χ3n) is 5.21. The lowest BCUT2D eigenvalue weighted by Crippen LogP contribution is -2.57. The largest absolute Gasteiger partial charge is 0.508 e. The van der Waals surface area contributed by atoms with E-state index in [2.05, 4.69) is 54.5 Å². The molecule has 2 aromatic rings. The van der Waals surface area contributed by atoms with Crippen LogP contribution in [0.15, 0.2) is 67.3 Å². The number of piperazine rings is 1. The van der Waals surface area contributed by atoms with E-state index in [9.17, 15) is 5.11 Å². The first-order chi connectivity index (χ1) is 12.1. The molecule has 3 heteroatoms. The lowest BCUT2D eigenvalue weighted by molar-refractivity contribution is 0.0301. The summed E-state index contributed by atoms with van der Waals surface area (Å²) in [5.41, 5.74) is 2.20. The van der Waals surface area contributed by atoms with Crippen LogP contribution in [0.1, 0.15) is 31.0 Å². The van der Waals surface area contributed by atoms with E-state index in [0.717, 1.165) is 25.2 Å². The Labute approximate surface area is 151 Å². The predicted molar refractivity (Wildman–Crippen MR) is 104 cm³/mol. The zero-order valence-electron chi connectivity index (χ0n) is 15.2. The highest BCUT2D eigenvalue weighted by Crippen LogP contribution is 2.37. The van der Waals surface area contributed by atoms with Gasteiger partial charge in [-0.2, -0.15) is 0 Å². The molecule has 3 rings (SSSR count). The van der Waals surface area contributed by atoms with Crippen LogP contribution in [-0.4, -0.2) is 46.6 Å². The molecule has 2 aromatic carbocycles. The lowest BCUT2D eigenvalue weighted by atomic mass is 9.93. The Morgan fingerprint density at radius 2 is 1.72 bits per heavy atom. The van der Waals surface area contributed by atoms with Gasteiger partial charge in [-0.15, -0.1) is 6.58 Å². The molecule has 1 N–H and O–H groups in total. The van der Waals surface area contributed by atoms with Crippen LogP contribution in [-0.2, 0) is 0 Å². The van der Waals surface area contributed by atoms with Crippen molar-refractivity contribution in [3.8, 4) is 5.75 Å². The minimum absolute atomic E-state index is 0.0609. The zero-order chi connectivity index (χ0) is 17.8. The molecular weight excluding hydrogens is 308 g/mol. The van der Waals surface area contributed by atoms with Crippen molar-refractivity contribution in [2.75, 3.05) is 19.6 Å². The third kappa shape index (κ3) is 3.78. The van der Waals surface area contributed by atoms with Crippen molar-refractivity contribution < 1.29 is 5.11 Å². The van der Waals surface area contributed by atoms with E-state index in [1.807, 2.05) is 30.3 Å². The molecule has 1 saturated heterocycles. The highest BCUT2D eigenvalue weighted by molar-refractivity contribution is 5.41. The molecular formula is C22H28N2O. The van der Waals surface area contributed by atoms with Crippen LogP contribution < -0.4 is 0 Å². The molecule has 0 radical (unpaired) electrons. The summed E-state index contributed by atoms with van der Waals surface area (Å²) in [7, 11) is 0. The normalized spacial score (nSPS) is 23.3. The van der Waals surface area contributed by atoms with Crippen LogP contribution >= 0.6 is 0 Å². The van der Waals surface area contributed by atoms with Crippen molar-refractivity contribution in [3.63, 3.8) is 0 Å². The molecule has 1 fully saturated rings. The van der Waals surface area contributed by atoms with E-state index < -0.39 is 0 Å². The standard InChI is InChI=1S/C22H28N2O/c1-4-14-23-15-18(3)24(16-17(23)2)22(19-10-6-5-7-11-19)20-12-8-9-13-21(20)25/h4-13,17-18,22,25H,1,14-16H2,2-3H3/t17-,18-,22-/m0/s1. The molecule has 0 amide bonds. The van der Waals surface area contributed by atoms with Crippen molar-refractivity contribution in [1.29, 1.82) is 0 Å². The van der Waals surface area contributed by atoms with Gasteiger partial charge in [0.2, 0.25) is 0 Å². The maximum Gasteiger partial charge on any atom is 0.120 e. The van der Waals surface area contributed by atoms with Gasteiger partial charge in [0.05, 0.1) is 6.04 Å². The maximum absolute atomic E-state index is 10.5. The van der Waals surface area contributed by atoms with Gasteiger partial charge in [-0.1, -0.05) is 54.6 Å². The first-order valence-corrected chi connectivity index (χ1v) is 9.05. The molecule has 3 atom stereocenters. The summed E-state index contributed by atoms with van der Waals surface area (Å²) in [4.78, 5) is 5.00. The van der Waals surface area contributed by atoms with Crippen LogP contribution in [0.4, 0.5) is 0 Å². The number of benzene rings is 2. The van der Waals surface area contributed by atoms with E-state index in [0.29, 0.717) is 17.8 Å². The van der Waals surface area contributed by atoms with E-state index in [-0.39, 0.29) is 6.04 Å². The van der Waals surface area contributed by atoms with Gasteiger partial charge in [0, 0.05) is 37.3 Å². The molecule has 132 valence electrons. The Kier molecular flexibility index (Phi) is 5.57. The van der Waals surface area contributed by atoms with Crippen molar-refractivity contribution in [3.05, 3.63) is 78.4 Å². The Hall–Kier alpha value is -2.10. The SMILES string of the molecule is C=CCN1C[C@H](C)N([C@@H](c2ccccc2)c2ccccc2O)C[C@@H]1C. The van der Waals surface area contributed by atoms with Gasteiger partial charge >= 0.3 is 0 Å². The van der Waals surface area contributed by atoms with Crippen molar-refractivity contribution in [1.82, 2.24) is 9.80 Å². The molecule has 0 bridgehead atoms. The maximum atomic E-state index is 10.5. The number of nitrogens with zero attached hydrogens (tertiary/aromatic N) is 2. The Balaban J connectivity index is 1.98. The van der Waals surface area contributed by atoms with Gasteiger partial charge in [0.15, 0.2) is 0 Å². The van der Waals surface area contributed by atoms with E-state index in [1.165, 1.54) is 5.56 Å². The van der Waals surface area contributed by atoms with Crippen molar-refractivity contribution in [2.45, 2.75) is 32.0 Å². The van der Waals surface area contributed by atoms with Crippen LogP contribution in [0.3, 0.4) is 0 Å². The van der Waals surface area contributed by atoms with Gasteiger partial charge in [0.25, 0.3) is 0 Å². The number of phenols is 1. The Morgan fingerprint density at radius 3 is 2.40 bits per heavy atom. The smallest absolute Gasteiger partial charge is 0.120 e. The van der Waals surface area contributed by atoms with Gasteiger partial charge in [-0.05, 0) is 25.5 Å². The fourth-order valence-corrected chi connectivity index (χ4v) is 3.91. The summed E-state index contributed by atoms with van der Waals surface area (Å²) in [6, 6.07) is 19.1. The molecule has 25 heavy (non-hydrogen) atoms. The minimum atomic E-state index is 0.0609. The van der Waals surface area contributed by atoms with Crippen molar-refractivity contribution >= 4 is 0 Å². The average Bonchev–Trinajstić information content (AvgIpc) is 2.62.